The van der Waals surface area contributed by atoms with Gasteiger partial charge in [0.05, 0.1) is 5.69 Å². The second kappa shape index (κ2) is 7.64. The normalized spacial score (nSPS) is 15.4. The van der Waals surface area contributed by atoms with Crippen molar-refractivity contribution in [2.75, 3.05) is 19.3 Å². The number of carbonyl (C=O) groups excluding carboxylic acids is 1. The molecule has 2 aromatic heterocycles. The zero-order valence-electron chi connectivity index (χ0n) is 15.5. The quantitative estimate of drug-likeness (QED) is 0.646. The third kappa shape index (κ3) is 3.66. The first-order valence-electron chi connectivity index (χ1n) is 9.13. The molecule has 8 heteroatoms. The number of thioether (sulfide) groups is 1. The Hall–Kier alpha value is -2.48. The second-order valence-electron chi connectivity index (χ2n) is 6.87. The van der Waals surface area contributed by atoms with Crippen LogP contribution in [0.1, 0.15) is 34.6 Å². The highest BCUT2D eigenvalue weighted by molar-refractivity contribution is 7.98. The molecule has 0 bridgehead atoms. The van der Waals surface area contributed by atoms with Gasteiger partial charge < -0.3 is 4.90 Å². The number of likely N-dealkylation sites (tertiary alicyclic amines) is 1. The minimum Gasteiger partial charge on any atom is -0.337 e. The fourth-order valence-electron chi connectivity index (χ4n) is 3.56. The minimum atomic E-state index is -0.0683. The lowest BCUT2D eigenvalue weighted by Gasteiger charge is -2.32. The molecular weight excluding hydrogens is 360 g/mol. The number of piperidine rings is 1. The average Bonchev–Trinajstić information content (AvgIpc) is 3.14. The zero-order valence-corrected chi connectivity index (χ0v) is 16.3. The maximum atomic E-state index is 13.0. The van der Waals surface area contributed by atoms with Crippen molar-refractivity contribution in [2.45, 2.75) is 31.3 Å². The number of carbonyl (C=O) groups is 1. The van der Waals surface area contributed by atoms with Gasteiger partial charge in [-0.25, -0.2) is 0 Å². The van der Waals surface area contributed by atoms with E-state index in [4.69, 9.17) is 0 Å². The van der Waals surface area contributed by atoms with Crippen molar-refractivity contribution >= 4 is 23.4 Å². The number of benzene rings is 1. The predicted octanol–water partition coefficient (Wildman–Crippen LogP) is 2.64. The van der Waals surface area contributed by atoms with E-state index in [0.717, 1.165) is 32.4 Å². The topological polar surface area (TPSA) is 76.3 Å². The summed E-state index contributed by atoms with van der Waals surface area (Å²) in [6, 6.07) is 10.6. The average molecular weight is 382 g/mol. The third-order valence-electron chi connectivity index (χ3n) is 5.12. The molecule has 4 rings (SSSR count). The maximum Gasteiger partial charge on any atom is 0.276 e. The van der Waals surface area contributed by atoms with Crippen molar-refractivity contribution in [1.82, 2.24) is 29.7 Å². The maximum absolute atomic E-state index is 13.0. The summed E-state index contributed by atoms with van der Waals surface area (Å²) in [6.07, 6.45) is 5.00. The summed E-state index contributed by atoms with van der Waals surface area (Å²) in [7, 11) is 0. The van der Waals surface area contributed by atoms with Gasteiger partial charge in [-0.1, -0.05) is 42.1 Å². The molecule has 7 nitrogen and oxygen atoms in total. The van der Waals surface area contributed by atoms with Gasteiger partial charge in [0.1, 0.15) is 0 Å². The van der Waals surface area contributed by atoms with Crippen LogP contribution in [0.3, 0.4) is 0 Å². The molecule has 0 atom stereocenters. The SMILES string of the molecule is CSc1nc2nnc(C(=O)N3CCC(Cc4ccccc4)CC3)c(C)n2n1. The van der Waals surface area contributed by atoms with Crippen molar-refractivity contribution in [3.63, 3.8) is 0 Å². The van der Waals surface area contributed by atoms with Crippen molar-refractivity contribution in [3.8, 4) is 0 Å². The van der Waals surface area contributed by atoms with Crippen LogP contribution in [-0.2, 0) is 6.42 Å². The Morgan fingerprint density at radius 2 is 1.93 bits per heavy atom. The molecule has 1 aliphatic rings. The van der Waals surface area contributed by atoms with E-state index in [1.165, 1.54) is 17.3 Å². The van der Waals surface area contributed by atoms with Crippen molar-refractivity contribution in [2.24, 2.45) is 5.92 Å². The van der Waals surface area contributed by atoms with E-state index in [9.17, 15) is 4.79 Å². The molecule has 0 N–H and O–H groups in total. The number of nitrogens with zero attached hydrogens (tertiary/aromatic N) is 6. The smallest absolute Gasteiger partial charge is 0.276 e. The van der Waals surface area contributed by atoms with E-state index >= 15 is 0 Å². The van der Waals surface area contributed by atoms with Crippen LogP contribution in [0.15, 0.2) is 35.5 Å². The molecule has 27 heavy (non-hydrogen) atoms. The standard InChI is InChI=1S/C19H22N6OS/c1-13-16(21-22-18-20-19(27-2)23-25(13)18)17(26)24-10-8-15(9-11-24)12-14-6-4-3-5-7-14/h3-7,15H,8-12H2,1-2H3. The summed E-state index contributed by atoms with van der Waals surface area (Å²) in [6.45, 7) is 3.35. The Bertz CT molecular complexity index is 949. The van der Waals surface area contributed by atoms with Gasteiger partial charge in [-0.15, -0.1) is 15.3 Å². The van der Waals surface area contributed by atoms with Crippen LogP contribution in [0.25, 0.3) is 5.78 Å². The molecule has 3 heterocycles. The van der Waals surface area contributed by atoms with Crippen molar-refractivity contribution in [3.05, 3.63) is 47.3 Å². The Balaban J connectivity index is 1.45. The third-order valence-corrected chi connectivity index (χ3v) is 5.66. The molecule has 1 fully saturated rings. The molecule has 0 unspecified atom stereocenters. The highest BCUT2D eigenvalue weighted by Gasteiger charge is 2.27. The van der Waals surface area contributed by atoms with Crippen LogP contribution >= 0.6 is 11.8 Å². The molecule has 1 aromatic carbocycles. The lowest BCUT2D eigenvalue weighted by molar-refractivity contribution is 0.0681. The van der Waals surface area contributed by atoms with E-state index in [2.05, 4.69) is 44.5 Å². The minimum absolute atomic E-state index is 0.0683. The Morgan fingerprint density at radius 1 is 1.19 bits per heavy atom. The van der Waals surface area contributed by atoms with Crippen LogP contribution < -0.4 is 0 Å². The van der Waals surface area contributed by atoms with E-state index in [1.807, 2.05) is 24.1 Å². The van der Waals surface area contributed by atoms with Crippen LogP contribution in [-0.4, -0.2) is 54.9 Å². The van der Waals surface area contributed by atoms with Gasteiger partial charge in [-0.3, -0.25) is 4.79 Å². The predicted molar refractivity (Wildman–Crippen MR) is 104 cm³/mol. The number of fused-ring (bicyclic) bond motifs is 1. The van der Waals surface area contributed by atoms with E-state index in [1.54, 1.807) is 4.52 Å². The number of amides is 1. The molecule has 0 radical (unpaired) electrons. The molecular formula is C19H22N6OS. The number of hydrogen-bond acceptors (Lipinski definition) is 6. The van der Waals surface area contributed by atoms with Crippen LogP contribution in [0.4, 0.5) is 0 Å². The number of hydrogen-bond donors (Lipinski definition) is 0. The van der Waals surface area contributed by atoms with Crippen molar-refractivity contribution < 1.29 is 4.79 Å². The molecule has 1 aliphatic heterocycles. The fourth-order valence-corrected chi connectivity index (χ4v) is 3.90. The highest BCUT2D eigenvalue weighted by Crippen LogP contribution is 2.23. The first kappa shape index (κ1) is 17.9. The Labute approximate surface area is 162 Å². The first-order valence-corrected chi connectivity index (χ1v) is 10.4. The van der Waals surface area contributed by atoms with Gasteiger partial charge in [0.2, 0.25) is 5.16 Å². The molecule has 0 aliphatic carbocycles. The molecule has 0 spiro atoms. The lowest BCUT2D eigenvalue weighted by atomic mass is 9.90. The lowest BCUT2D eigenvalue weighted by Crippen LogP contribution is -2.40. The Kier molecular flexibility index (Phi) is 5.07. The summed E-state index contributed by atoms with van der Waals surface area (Å²) in [5.74, 6) is 0.974. The molecule has 3 aromatic rings. The number of aryl methyl sites for hydroxylation is 1. The van der Waals surface area contributed by atoms with Gasteiger partial charge in [0.15, 0.2) is 5.69 Å². The molecule has 1 amide bonds. The molecule has 0 saturated carbocycles. The summed E-state index contributed by atoms with van der Waals surface area (Å²) >= 11 is 1.44. The Morgan fingerprint density at radius 3 is 2.63 bits per heavy atom. The summed E-state index contributed by atoms with van der Waals surface area (Å²) in [5.41, 5.74) is 2.41. The molecule has 140 valence electrons. The summed E-state index contributed by atoms with van der Waals surface area (Å²) < 4.78 is 1.61. The summed E-state index contributed by atoms with van der Waals surface area (Å²) in [5, 5.41) is 13.2. The van der Waals surface area contributed by atoms with Gasteiger partial charge >= 0.3 is 0 Å². The number of rotatable bonds is 4. The van der Waals surface area contributed by atoms with E-state index in [-0.39, 0.29) is 5.91 Å². The van der Waals surface area contributed by atoms with Gasteiger partial charge in [-0.05, 0) is 43.9 Å². The fraction of sp³-hybridized carbons (Fsp3) is 0.421. The number of aromatic nitrogens is 5. The first-order chi connectivity index (χ1) is 13.2. The summed E-state index contributed by atoms with van der Waals surface area (Å²) in [4.78, 5) is 19.1. The zero-order chi connectivity index (χ0) is 18.8. The largest absolute Gasteiger partial charge is 0.337 e. The monoisotopic (exact) mass is 382 g/mol. The van der Waals surface area contributed by atoms with Gasteiger partial charge in [-0.2, -0.15) is 9.50 Å². The highest BCUT2D eigenvalue weighted by atomic mass is 32.2. The van der Waals surface area contributed by atoms with Crippen LogP contribution in [0.2, 0.25) is 0 Å². The van der Waals surface area contributed by atoms with Gasteiger partial charge in [0.25, 0.3) is 11.7 Å². The second-order valence-corrected chi connectivity index (χ2v) is 7.64. The van der Waals surface area contributed by atoms with E-state index < -0.39 is 0 Å². The van der Waals surface area contributed by atoms with E-state index in [0.29, 0.717) is 28.2 Å². The van der Waals surface area contributed by atoms with Crippen LogP contribution in [0, 0.1) is 12.8 Å². The molecule has 1 saturated heterocycles. The van der Waals surface area contributed by atoms with Crippen LogP contribution in [0.5, 0.6) is 0 Å². The van der Waals surface area contributed by atoms with Crippen molar-refractivity contribution in [1.29, 1.82) is 0 Å². The van der Waals surface area contributed by atoms with Gasteiger partial charge in [0, 0.05) is 13.1 Å².